The van der Waals surface area contributed by atoms with Crippen molar-refractivity contribution >= 4 is 29.0 Å². The largest absolute Gasteiger partial charge is 0.325 e. The van der Waals surface area contributed by atoms with Gasteiger partial charge in [0.05, 0.1) is 10.7 Å². The first-order valence-electron chi connectivity index (χ1n) is 7.14. The van der Waals surface area contributed by atoms with E-state index in [0.717, 1.165) is 5.75 Å². The maximum absolute atomic E-state index is 11.9. The number of carbonyl (C=O) groups excluding carboxylic acids is 1. The molecule has 2 aromatic rings. The number of amides is 1. The Kier molecular flexibility index (Phi) is 5.76. The van der Waals surface area contributed by atoms with E-state index in [9.17, 15) is 14.9 Å². The molecule has 1 N–H and O–H groups in total. The summed E-state index contributed by atoms with van der Waals surface area (Å²) in [5, 5.41) is 13.4. The highest BCUT2D eigenvalue weighted by Gasteiger charge is 2.08. The number of nitro benzene ring substituents is 1. The predicted octanol–water partition coefficient (Wildman–Crippen LogP) is 4.08. The van der Waals surface area contributed by atoms with Gasteiger partial charge in [-0.15, -0.1) is 11.8 Å². The van der Waals surface area contributed by atoms with E-state index in [1.807, 2.05) is 6.92 Å². The first kappa shape index (κ1) is 17.0. The van der Waals surface area contributed by atoms with Crippen molar-refractivity contribution in [3.63, 3.8) is 0 Å². The lowest BCUT2D eigenvalue weighted by Gasteiger charge is -2.08. The number of hydrogen-bond donors (Lipinski definition) is 1. The monoisotopic (exact) mass is 330 g/mol. The molecule has 0 unspecified atom stereocenters. The molecule has 5 nitrogen and oxygen atoms in total. The second kappa shape index (κ2) is 7.78. The minimum Gasteiger partial charge on any atom is -0.325 e. The van der Waals surface area contributed by atoms with Crippen molar-refractivity contribution in [3.8, 4) is 0 Å². The maximum atomic E-state index is 11.9. The van der Waals surface area contributed by atoms with Crippen LogP contribution in [0.2, 0.25) is 0 Å². The summed E-state index contributed by atoms with van der Waals surface area (Å²) in [5.74, 6) is 0.896. The zero-order chi connectivity index (χ0) is 16.8. The quantitative estimate of drug-likeness (QED) is 0.640. The number of anilines is 1. The van der Waals surface area contributed by atoms with Crippen LogP contribution in [0.3, 0.4) is 0 Å². The standard InChI is InChI=1S/C17H18N2O3S/c1-12-6-7-13(2)14(8-12)10-23-11-17(20)18-15-4-3-5-16(9-15)19(21)22/h3-9H,10-11H2,1-2H3,(H,18,20). The van der Waals surface area contributed by atoms with Crippen LogP contribution in [-0.2, 0) is 10.5 Å². The second-order valence-corrected chi connectivity index (χ2v) is 6.26. The van der Waals surface area contributed by atoms with Crippen LogP contribution >= 0.6 is 11.8 Å². The summed E-state index contributed by atoms with van der Waals surface area (Å²) < 4.78 is 0. The normalized spacial score (nSPS) is 10.3. The number of benzene rings is 2. The molecule has 0 atom stereocenters. The lowest BCUT2D eigenvalue weighted by atomic mass is 10.1. The third-order valence-electron chi connectivity index (χ3n) is 3.34. The minimum absolute atomic E-state index is 0.0363. The molecule has 0 aliphatic rings. The summed E-state index contributed by atoms with van der Waals surface area (Å²) in [6.45, 7) is 4.10. The highest BCUT2D eigenvalue weighted by molar-refractivity contribution is 7.99. The third kappa shape index (κ3) is 5.10. The van der Waals surface area contributed by atoms with Crippen molar-refractivity contribution in [2.75, 3.05) is 11.1 Å². The zero-order valence-electron chi connectivity index (χ0n) is 13.0. The molecular weight excluding hydrogens is 312 g/mol. The van der Waals surface area contributed by atoms with Crippen molar-refractivity contribution in [2.45, 2.75) is 19.6 Å². The molecule has 0 fully saturated rings. The lowest BCUT2D eigenvalue weighted by Crippen LogP contribution is -2.14. The number of carbonyl (C=O) groups is 1. The topological polar surface area (TPSA) is 72.2 Å². The number of rotatable bonds is 6. The van der Waals surface area contributed by atoms with E-state index in [0.29, 0.717) is 11.4 Å². The van der Waals surface area contributed by atoms with Gasteiger partial charge in [-0.3, -0.25) is 14.9 Å². The summed E-state index contributed by atoms with van der Waals surface area (Å²) in [4.78, 5) is 22.2. The van der Waals surface area contributed by atoms with E-state index in [1.54, 1.807) is 12.1 Å². The Balaban J connectivity index is 1.87. The van der Waals surface area contributed by atoms with Gasteiger partial charge in [0.25, 0.3) is 5.69 Å². The Hall–Kier alpha value is -2.34. The summed E-state index contributed by atoms with van der Waals surface area (Å²) in [7, 11) is 0. The summed E-state index contributed by atoms with van der Waals surface area (Å²) in [6.07, 6.45) is 0. The highest BCUT2D eigenvalue weighted by atomic mass is 32.2. The van der Waals surface area contributed by atoms with Crippen LogP contribution in [0, 0.1) is 24.0 Å². The van der Waals surface area contributed by atoms with Gasteiger partial charge < -0.3 is 5.32 Å². The van der Waals surface area contributed by atoms with Crippen molar-refractivity contribution < 1.29 is 9.72 Å². The van der Waals surface area contributed by atoms with Crippen LogP contribution < -0.4 is 5.32 Å². The number of nitrogens with zero attached hydrogens (tertiary/aromatic N) is 1. The molecule has 0 saturated carbocycles. The fraction of sp³-hybridized carbons (Fsp3) is 0.235. The number of non-ortho nitro benzene ring substituents is 1. The molecule has 0 aliphatic heterocycles. The molecular formula is C17H18N2O3S. The average molecular weight is 330 g/mol. The van der Waals surface area contributed by atoms with Crippen molar-refractivity contribution in [1.29, 1.82) is 0 Å². The van der Waals surface area contributed by atoms with Gasteiger partial charge in [-0.05, 0) is 31.0 Å². The molecule has 0 heterocycles. The molecule has 0 radical (unpaired) electrons. The highest BCUT2D eigenvalue weighted by Crippen LogP contribution is 2.19. The molecule has 2 rings (SSSR count). The summed E-state index contributed by atoms with van der Waals surface area (Å²) >= 11 is 1.52. The Labute approximate surface area is 139 Å². The fourth-order valence-corrected chi connectivity index (χ4v) is 2.99. The summed E-state index contributed by atoms with van der Waals surface area (Å²) in [6, 6.07) is 12.2. The van der Waals surface area contributed by atoms with Gasteiger partial charge in [-0.2, -0.15) is 0 Å². The number of nitro groups is 1. The zero-order valence-corrected chi connectivity index (χ0v) is 13.9. The Morgan fingerprint density at radius 2 is 2.00 bits per heavy atom. The van der Waals surface area contributed by atoms with Crippen LogP contribution in [0.1, 0.15) is 16.7 Å². The third-order valence-corrected chi connectivity index (χ3v) is 4.32. The number of aryl methyl sites for hydroxylation is 2. The van der Waals surface area contributed by atoms with Gasteiger partial charge in [0.1, 0.15) is 0 Å². The van der Waals surface area contributed by atoms with E-state index < -0.39 is 4.92 Å². The van der Waals surface area contributed by atoms with Gasteiger partial charge in [-0.25, -0.2) is 0 Å². The lowest BCUT2D eigenvalue weighted by molar-refractivity contribution is -0.384. The van der Waals surface area contributed by atoms with Gasteiger partial charge >= 0.3 is 0 Å². The van der Waals surface area contributed by atoms with Crippen molar-refractivity contribution in [2.24, 2.45) is 0 Å². The van der Waals surface area contributed by atoms with Crippen LogP contribution in [0.4, 0.5) is 11.4 Å². The summed E-state index contributed by atoms with van der Waals surface area (Å²) in [5.41, 5.74) is 4.04. The Morgan fingerprint density at radius 3 is 2.74 bits per heavy atom. The van der Waals surface area contributed by atoms with E-state index in [2.05, 4.69) is 30.4 Å². The van der Waals surface area contributed by atoms with Crippen molar-refractivity contribution in [1.82, 2.24) is 0 Å². The van der Waals surface area contributed by atoms with E-state index in [1.165, 1.54) is 40.6 Å². The van der Waals surface area contributed by atoms with Crippen LogP contribution in [0.15, 0.2) is 42.5 Å². The molecule has 0 saturated heterocycles. The second-order valence-electron chi connectivity index (χ2n) is 5.28. The number of thioether (sulfide) groups is 1. The first-order chi connectivity index (χ1) is 11.0. The molecule has 6 heteroatoms. The van der Waals surface area contributed by atoms with Crippen molar-refractivity contribution in [3.05, 3.63) is 69.3 Å². The van der Waals surface area contributed by atoms with E-state index in [4.69, 9.17) is 0 Å². The minimum atomic E-state index is -0.481. The smallest absolute Gasteiger partial charge is 0.271 e. The molecule has 0 spiro atoms. The Bertz CT molecular complexity index is 732. The van der Waals surface area contributed by atoms with Gasteiger partial charge in [0.2, 0.25) is 5.91 Å². The number of nitrogens with one attached hydrogen (secondary N) is 1. The number of hydrogen-bond acceptors (Lipinski definition) is 4. The SMILES string of the molecule is Cc1ccc(C)c(CSCC(=O)Nc2cccc([N+](=O)[O-])c2)c1. The van der Waals surface area contributed by atoms with Crippen LogP contribution in [-0.4, -0.2) is 16.6 Å². The van der Waals surface area contributed by atoms with E-state index >= 15 is 0 Å². The Morgan fingerprint density at radius 1 is 1.22 bits per heavy atom. The molecule has 23 heavy (non-hydrogen) atoms. The molecule has 120 valence electrons. The van der Waals surface area contributed by atoms with Crippen LogP contribution in [0.25, 0.3) is 0 Å². The van der Waals surface area contributed by atoms with Crippen LogP contribution in [0.5, 0.6) is 0 Å². The first-order valence-corrected chi connectivity index (χ1v) is 8.29. The fourth-order valence-electron chi connectivity index (χ4n) is 2.10. The molecule has 2 aromatic carbocycles. The van der Waals surface area contributed by atoms with E-state index in [-0.39, 0.29) is 11.6 Å². The molecule has 0 aliphatic carbocycles. The molecule has 1 amide bonds. The molecule has 0 bridgehead atoms. The molecule has 0 aromatic heterocycles. The van der Waals surface area contributed by atoms with Gasteiger partial charge in [0, 0.05) is 23.6 Å². The van der Waals surface area contributed by atoms with Gasteiger partial charge in [0.15, 0.2) is 0 Å². The van der Waals surface area contributed by atoms with Gasteiger partial charge in [-0.1, -0.05) is 29.8 Å². The average Bonchev–Trinajstić information content (AvgIpc) is 2.51. The predicted molar refractivity (Wildman–Crippen MR) is 93.8 cm³/mol. The maximum Gasteiger partial charge on any atom is 0.271 e.